The molecule has 2 aromatic rings. The van der Waals surface area contributed by atoms with Gasteiger partial charge in [-0.05, 0) is 36.5 Å². The maximum atomic E-state index is 13.0. The van der Waals surface area contributed by atoms with Crippen LogP contribution in [0.1, 0.15) is 43.1 Å². The number of hydrogen-bond acceptors (Lipinski definition) is 4. The zero-order valence-corrected chi connectivity index (χ0v) is 11.6. The fourth-order valence-corrected chi connectivity index (χ4v) is 2.36. The molecule has 21 heavy (non-hydrogen) atoms. The lowest BCUT2D eigenvalue weighted by molar-refractivity contribution is -0.131. The minimum Gasteiger partial charge on any atom is -0.448 e. The van der Waals surface area contributed by atoms with Crippen molar-refractivity contribution >= 4 is 5.91 Å². The van der Waals surface area contributed by atoms with E-state index in [1.165, 1.54) is 24.6 Å². The van der Waals surface area contributed by atoms with Gasteiger partial charge in [0.2, 0.25) is 5.89 Å². The highest BCUT2D eigenvalue weighted by molar-refractivity contribution is 5.81. The van der Waals surface area contributed by atoms with Gasteiger partial charge < -0.3 is 4.42 Å². The minimum absolute atomic E-state index is 0.0276. The molecule has 0 spiro atoms. The van der Waals surface area contributed by atoms with E-state index in [0.717, 1.165) is 12.0 Å². The summed E-state index contributed by atoms with van der Waals surface area (Å²) in [6.07, 6.45) is 4.01. The van der Waals surface area contributed by atoms with Gasteiger partial charge in [0.1, 0.15) is 18.0 Å². The number of nitrogens with one attached hydrogen (secondary N) is 1. The molecular weight excluding hydrogens is 275 g/mol. The van der Waals surface area contributed by atoms with E-state index in [1.807, 2.05) is 6.92 Å². The van der Waals surface area contributed by atoms with E-state index in [0.29, 0.717) is 6.42 Å². The quantitative estimate of drug-likeness (QED) is 0.634. The van der Waals surface area contributed by atoms with Crippen molar-refractivity contribution in [3.8, 4) is 0 Å². The number of hydroxylamine groups is 1. The summed E-state index contributed by atoms with van der Waals surface area (Å²) >= 11 is 0. The standard InChI is InChI=1S/C15H17FN2O3/c1-2-10(11-3-5-12(16)6-4-11)9-13(14(19)18-20)15-17-7-8-21-15/h3-8,10,13,20H,2,9H2,1H3,(H,18,19). The van der Waals surface area contributed by atoms with Gasteiger partial charge in [0.25, 0.3) is 5.91 Å². The Kier molecular flexibility index (Phi) is 5.05. The van der Waals surface area contributed by atoms with Crippen molar-refractivity contribution in [1.82, 2.24) is 10.5 Å². The maximum Gasteiger partial charge on any atom is 0.255 e. The van der Waals surface area contributed by atoms with Crippen molar-refractivity contribution < 1.29 is 18.8 Å². The molecule has 1 amide bonds. The molecule has 112 valence electrons. The van der Waals surface area contributed by atoms with Gasteiger partial charge in [-0.15, -0.1) is 0 Å². The summed E-state index contributed by atoms with van der Waals surface area (Å²) in [4.78, 5) is 15.8. The predicted octanol–water partition coefficient (Wildman–Crippen LogP) is 2.99. The summed E-state index contributed by atoms with van der Waals surface area (Å²) < 4.78 is 18.2. The van der Waals surface area contributed by atoms with Crippen molar-refractivity contribution in [2.75, 3.05) is 0 Å². The number of hydrogen-bond donors (Lipinski definition) is 2. The van der Waals surface area contributed by atoms with Gasteiger partial charge in [-0.1, -0.05) is 19.1 Å². The van der Waals surface area contributed by atoms with E-state index < -0.39 is 11.8 Å². The average Bonchev–Trinajstić information content (AvgIpc) is 3.03. The molecule has 0 saturated carbocycles. The van der Waals surface area contributed by atoms with Crippen molar-refractivity contribution in [3.05, 3.63) is 54.0 Å². The Morgan fingerprint density at radius 1 is 1.43 bits per heavy atom. The van der Waals surface area contributed by atoms with Crippen LogP contribution >= 0.6 is 0 Å². The van der Waals surface area contributed by atoms with Gasteiger partial charge in [0.05, 0.1) is 6.20 Å². The SMILES string of the molecule is CCC(CC(C(=O)NO)c1ncco1)c1ccc(F)cc1. The molecule has 0 fully saturated rings. The Morgan fingerprint density at radius 3 is 2.67 bits per heavy atom. The van der Waals surface area contributed by atoms with Gasteiger partial charge in [-0.25, -0.2) is 14.9 Å². The van der Waals surface area contributed by atoms with Crippen LogP contribution in [0.25, 0.3) is 0 Å². The largest absolute Gasteiger partial charge is 0.448 e. The van der Waals surface area contributed by atoms with Gasteiger partial charge in [-0.2, -0.15) is 0 Å². The third-order valence-corrected chi connectivity index (χ3v) is 3.53. The monoisotopic (exact) mass is 292 g/mol. The lowest BCUT2D eigenvalue weighted by Gasteiger charge is -2.19. The number of carbonyl (C=O) groups is 1. The van der Waals surface area contributed by atoms with Gasteiger partial charge >= 0.3 is 0 Å². The Balaban J connectivity index is 2.21. The van der Waals surface area contributed by atoms with E-state index in [2.05, 4.69) is 4.98 Å². The van der Waals surface area contributed by atoms with Crippen LogP contribution in [0.3, 0.4) is 0 Å². The number of halogens is 1. The highest BCUT2D eigenvalue weighted by Gasteiger charge is 2.28. The molecule has 6 heteroatoms. The van der Waals surface area contributed by atoms with Crippen LogP contribution in [-0.2, 0) is 4.79 Å². The zero-order chi connectivity index (χ0) is 15.2. The van der Waals surface area contributed by atoms with Crippen LogP contribution in [0.15, 0.2) is 41.1 Å². The number of amides is 1. The Hall–Kier alpha value is -2.21. The van der Waals surface area contributed by atoms with Gasteiger partial charge in [0.15, 0.2) is 0 Å². The molecule has 5 nitrogen and oxygen atoms in total. The van der Waals surface area contributed by atoms with Crippen molar-refractivity contribution in [3.63, 3.8) is 0 Å². The number of aromatic nitrogens is 1. The molecule has 2 rings (SSSR count). The number of benzene rings is 1. The van der Waals surface area contributed by atoms with Crippen LogP contribution in [-0.4, -0.2) is 16.1 Å². The molecule has 0 radical (unpaired) electrons. The topological polar surface area (TPSA) is 75.4 Å². The average molecular weight is 292 g/mol. The first kappa shape index (κ1) is 15.2. The number of carbonyl (C=O) groups excluding carboxylic acids is 1. The van der Waals surface area contributed by atoms with E-state index in [9.17, 15) is 9.18 Å². The summed E-state index contributed by atoms with van der Waals surface area (Å²) in [6.45, 7) is 1.98. The van der Waals surface area contributed by atoms with E-state index in [4.69, 9.17) is 9.62 Å². The van der Waals surface area contributed by atoms with Crippen LogP contribution < -0.4 is 5.48 Å². The van der Waals surface area contributed by atoms with Crippen LogP contribution in [0, 0.1) is 5.82 Å². The third kappa shape index (κ3) is 3.66. The molecule has 1 aromatic heterocycles. The molecule has 1 heterocycles. The second-order valence-electron chi connectivity index (χ2n) is 4.79. The first-order chi connectivity index (χ1) is 10.2. The molecule has 0 aliphatic heterocycles. The normalized spacial score (nSPS) is 13.7. The molecule has 2 unspecified atom stereocenters. The Labute approximate surface area is 121 Å². The number of oxazole rings is 1. The summed E-state index contributed by atoms with van der Waals surface area (Å²) in [7, 11) is 0. The Bertz CT molecular complexity index is 569. The first-order valence-electron chi connectivity index (χ1n) is 6.74. The second kappa shape index (κ2) is 6.99. The lowest BCUT2D eigenvalue weighted by Crippen LogP contribution is -2.27. The highest BCUT2D eigenvalue weighted by atomic mass is 19.1. The summed E-state index contributed by atoms with van der Waals surface area (Å²) in [5.41, 5.74) is 2.58. The van der Waals surface area contributed by atoms with Crippen molar-refractivity contribution in [2.45, 2.75) is 31.6 Å². The second-order valence-corrected chi connectivity index (χ2v) is 4.79. The van der Waals surface area contributed by atoms with Crippen LogP contribution in [0.4, 0.5) is 4.39 Å². The number of rotatable bonds is 6. The van der Waals surface area contributed by atoms with Gasteiger partial charge in [0, 0.05) is 0 Å². The molecule has 0 saturated heterocycles. The lowest BCUT2D eigenvalue weighted by atomic mass is 9.86. The number of nitrogens with zero attached hydrogens (tertiary/aromatic N) is 1. The molecule has 2 N–H and O–H groups in total. The maximum absolute atomic E-state index is 13.0. The molecule has 0 aliphatic carbocycles. The van der Waals surface area contributed by atoms with Crippen molar-refractivity contribution in [2.24, 2.45) is 0 Å². The summed E-state index contributed by atoms with van der Waals surface area (Å²) in [5, 5.41) is 8.88. The summed E-state index contributed by atoms with van der Waals surface area (Å²) in [6, 6.07) is 6.19. The highest BCUT2D eigenvalue weighted by Crippen LogP contribution is 2.31. The first-order valence-corrected chi connectivity index (χ1v) is 6.74. The summed E-state index contributed by atoms with van der Waals surface area (Å²) in [5.74, 6) is -1.29. The van der Waals surface area contributed by atoms with Crippen molar-refractivity contribution in [1.29, 1.82) is 0 Å². The van der Waals surface area contributed by atoms with Crippen LogP contribution in [0.2, 0.25) is 0 Å². The van der Waals surface area contributed by atoms with Gasteiger partial charge in [-0.3, -0.25) is 10.0 Å². The zero-order valence-electron chi connectivity index (χ0n) is 11.6. The third-order valence-electron chi connectivity index (χ3n) is 3.53. The van der Waals surface area contributed by atoms with E-state index in [-0.39, 0.29) is 17.6 Å². The molecular formula is C15H17FN2O3. The molecule has 0 bridgehead atoms. The van der Waals surface area contributed by atoms with Crippen LogP contribution in [0.5, 0.6) is 0 Å². The minimum atomic E-state index is -0.694. The molecule has 2 atom stereocenters. The fraction of sp³-hybridized carbons (Fsp3) is 0.333. The predicted molar refractivity (Wildman–Crippen MR) is 73.2 cm³/mol. The smallest absolute Gasteiger partial charge is 0.255 e. The van der Waals surface area contributed by atoms with E-state index in [1.54, 1.807) is 17.6 Å². The van der Waals surface area contributed by atoms with E-state index >= 15 is 0 Å². The Morgan fingerprint density at radius 2 is 2.14 bits per heavy atom. The molecule has 0 aliphatic rings. The fourth-order valence-electron chi connectivity index (χ4n) is 2.36. The molecule has 1 aromatic carbocycles.